The van der Waals surface area contributed by atoms with E-state index in [0.717, 1.165) is 0 Å². The van der Waals surface area contributed by atoms with Gasteiger partial charge in [-0.1, -0.05) is 5.10 Å². The van der Waals surface area contributed by atoms with Gasteiger partial charge in [0.05, 0.1) is 5.54 Å². The molecule has 5 heteroatoms. The monoisotopic (exact) mass is 198 g/mol. The molecule has 3 N–H and O–H groups in total. The van der Waals surface area contributed by atoms with Crippen molar-refractivity contribution < 1.29 is 4.42 Å². The summed E-state index contributed by atoms with van der Waals surface area (Å²) in [5, 5.41) is 10.8. The zero-order valence-corrected chi connectivity index (χ0v) is 9.38. The lowest BCUT2D eigenvalue weighted by Gasteiger charge is -2.18. The summed E-state index contributed by atoms with van der Waals surface area (Å²) in [6, 6.07) is 0.408. The minimum absolute atomic E-state index is 0.0947. The number of nitrogens with one attached hydrogen (secondary N) is 1. The quantitative estimate of drug-likeness (QED) is 0.752. The van der Waals surface area contributed by atoms with Crippen LogP contribution < -0.4 is 11.1 Å². The Morgan fingerprint density at radius 1 is 1.14 bits per heavy atom. The molecular weight excluding hydrogens is 180 g/mol. The van der Waals surface area contributed by atoms with E-state index >= 15 is 0 Å². The zero-order chi connectivity index (χ0) is 11.0. The van der Waals surface area contributed by atoms with Gasteiger partial charge in [-0.15, -0.1) is 5.10 Å². The molecule has 0 radical (unpaired) electrons. The second-order valence-corrected chi connectivity index (χ2v) is 5.01. The van der Waals surface area contributed by atoms with Crippen molar-refractivity contribution in [3.05, 3.63) is 5.89 Å². The van der Waals surface area contributed by atoms with Crippen LogP contribution in [0.4, 0.5) is 6.01 Å². The van der Waals surface area contributed by atoms with Crippen LogP contribution in [0.15, 0.2) is 4.42 Å². The van der Waals surface area contributed by atoms with Crippen LogP contribution in [0.1, 0.15) is 40.5 Å². The van der Waals surface area contributed by atoms with Gasteiger partial charge in [0, 0.05) is 5.54 Å². The third-order valence-electron chi connectivity index (χ3n) is 1.46. The summed E-state index contributed by atoms with van der Waals surface area (Å²) in [5.41, 5.74) is 5.12. The maximum Gasteiger partial charge on any atom is 0.315 e. The molecule has 1 rings (SSSR count). The van der Waals surface area contributed by atoms with Crippen LogP contribution in [0.5, 0.6) is 0 Å². The van der Waals surface area contributed by atoms with Gasteiger partial charge in [0.2, 0.25) is 5.89 Å². The third kappa shape index (κ3) is 2.99. The number of nitrogens with two attached hydrogens (primary N) is 1. The minimum atomic E-state index is -0.592. The molecule has 1 heterocycles. The van der Waals surface area contributed by atoms with Gasteiger partial charge in [-0.2, -0.15) is 0 Å². The van der Waals surface area contributed by atoms with Crippen molar-refractivity contribution in [1.29, 1.82) is 0 Å². The van der Waals surface area contributed by atoms with Crippen molar-refractivity contribution in [2.45, 2.75) is 45.7 Å². The topological polar surface area (TPSA) is 77.0 Å². The number of nitrogens with zero attached hydrogens (tertiary/aromatic N) is 2. The first-order valence-corrected chi connectivity index (χ1v) is 4.59. The van der Waals surface area contributed by atoms with E-state index in [1.807, 2.05) is 34.6 Å². The fraction of sp³-hybridized carbons (Fsp3) is 0.778. The van der Waals surface area contributed by atoms with E-state index in [-0.39, 0.29) is 5.54 Å². The molecule has 0 aromatic carbocycles. The molecule has 80 valence electrons. The van der Waals surface area contributed by atoms with Crippen LogP contribution in [0, 0.1) is 0 Å². The molecule has 0 aliphatic rings. The number of hydrogen-bond donors (Lipinski definition) is 2. The normalized spacial score (nSPS) is 13.0. The van der Waals surface area contributed by atoms with Crippen molar-refractivity contribution in [2.75, 3.05) is 5.32 Å². The van der Waals surface area contributed by atoms with Crippen LogP contribution in [0.25, 0.3) is 0 Å². The lowest BCUT2D eigenvalue weighted by molar-refractivity contribution is 0.380. The second-order valence-electron chi connectivity index (χ2n) is 5.01. The predicted octanol–water partition coefficient (Wildman–Crippen LogP) is 1.47. The molecule has 0 spiro atoms. The first-order valence-electron chi connectivity index (χ1n) is 4.59. The third-order valence-corrected chi connectivity index (χ3v) is 1.46. The molecule has 0 saturated heterocycles. The first-order chi connectivity index (χ1) is 6.18. The number of hydrogen-bond acceptors (Lipinski definition) is 5. The average Bonchev–Trinajstić information content (AvgIpc) is 2.29. The van der Waals surface area contributed by atoms with Gasteiger partial charge in [-0.3, -0.25) is 0 Å². The van der Waals surface area contributed by atoms with E-state index in [1.165, 1.54) is 0 Å². The summed E-state index contributed by atoms with van der Waals surface area (Å²) in [7, 11) is 0. The molecule has 0 fully saturated rings. The molecule has 1 aromatic rings. The van der Waals surface area contributed by atoms with E-state index in [1.54, 1.807) is 0 Å². The van der Waals surface area contributed by atoms with Gasteiger partial charge in [-0.25, -0.2) is 0 Å². The number of rotatable bonds is 2. The average molecular weight is 198 g/mol. The highest BCUT2D eigenvalue weighted by atomic mass is 16.4. The molecule has 0 unspecified atom stereocenters. The van der Waals surface area contributed by atoms with Gasteiger partial charge in [0.1, 0.15) is 0 Å². The summed E-state index contributed by atoms with van der Waals surface area (Å²) < 4.78 is 5.37. The van der Waals surface area contributed by atoms with Crippen LogP contribution in [-0.4, -0.2) is 15.7 Å². The highest BCUT2D eigenvalue weighted by molar-refractivity contribution is 5.22. The highest BCUT2D eigenvalue weighted by Crippen LogP contribution is 2.19. The summed E-state index contributed by atoms with van der Waals surface area (Å²) in [6.07, 6.45) is 0. The van der Waals surface area contributed by atoms with Crippen molar-refractivity contribution in [3.63, 3.8) is 0 Å². The van der Waals surface area contributed by atoms with Crippen LogP contribution in [-0.2, 0) is 5.54 Å². The second kappa shape index (κ2) is 3.24. The summed E-state index contributed by atoms with van der Waals surface area (Å²) in [5.74, 6) is 0.434. The molecule has 1 aromatic heterocycles. The first kappa shape index (κ1) is 11.0. The summed E-state index contributed by atoms with van der Waals surface area (Å²) in [4.78, 5) is 0. The molecule has 0 aliphatic heterocycles. The number of aromatic nitrogens is 2. The molecular formula is C9H18N4O. The Bertz CT molecular complexity index is 305. The van der Waals surface area contributed by atoms with E-state index in [4.69, 9.17) is 10.2 Å². The van der Waals surface area contributed by atoms with E-state index in [0.29, 0.717) is 11.9 Å². The Kier molecular flexibility index (Phi) is 2.54. The van der Waals surface area contributed by atoms with E-state index < -0.39 is 5.54 Å². The molecule has 0 atom stereocenters. The number of anilines is 1. The highest BCUT2D eigenvalue weighted by Gasteiger charge is 2.23. The van der Waals surface area contributed by atoms with Crippen molar-refractivity contribution in [1.82, 2.24) is 10.2 Å². The van der Waals surface area contributed by atoms with Crippen LogP contribution in [0.2, 0.25) is 0 Å². The molecule has 0 amide bonds. The van der Waals surface area contributed by atoms with E-state index in [9.17, 15) is 0 Å². The van der Waals surface area contributed by atoms with Gasteiger partial charge in [-0.05, 0) is 34.6 Å². The molecule has 0 aliphatic carbocycles. The van der Waals surface area contributed by atoms with Gasteiger partial charge >= 0.3 is 6.01 Å². The van der Waals surface area contributed by atoms with Gasteiger partial charge < -0.3 is 15.5 Å². The molecule has 0 bridgehead atoms. The summed E-state index contributed by atoms with van der Waals surface area (Å²) in [6.45, 7) is 9.70. The smallest absolute Gasteiger partial charge is 0.315 e. The summed E-state index contributed by atoms with van der Waals surface area (Å²) >= 11 is 0. The molecule has 0 saturated carbocycles. The fourth-order valence-electron chi connectivity index (χ4n) is 0.855. The molecule has 5 nitrogen and oxygen atoms in total. The Morgan fingerprint density at radius 3 is 2.07 bits per heavy atom. The molecule has 14 heavy (non-hydrogen) atoms. The lowest BCUT2D eigenvalue weighted by atomic mass is 10.1. The van der Waals surface area contributed by atoms with Gasteiger partial charge in [0.15, 0.2) is 0 Å². The van der Waals surface area contributed by atoms with Crippen LogP contribution >= 0.6 is 0 Å². The van der Waals surface area contributed by atoms with Crippen LogP contribution in [0.3, 0.4) is 0 Å². The lowest BCUT2D eigenvalue weighted by Crippen LogP contribution is -2.29. The van der Waals surface area contributed by atoms with E-state index in [2.05, 4.69) is 15.5 Å². The van der Waals surface area contributed by atoms with Crippen molar-refractivity contribution in [3.8, 4) is 0 Å². The Balaban J connectivity index is 2.79. The zero-order valence-electron chi connectivity index (χ0n) is 9.38. The van der Waals surface area contributed by atoms with Crippen molar-refractivity contribution in [2.24, 2.45) is 5.73 Å². The fourth-order valence-corrected chi connectivity index (χ4v) is 0.855. The Labute approximate surface area is 84.1 Å². The minimum Gasteiger partial charge on any atom is -0.406 e. The predicted molar refractivity (Wildman–Crippen MR) is 54.9 cm³/mol. The maximum atomic E-state index is 5.81. The SMILES string of the molecule is CC(C)(C)Nc1nnc(C(C)(C)N)o1. The Morgan fingerprint density at radius 2 is 1.71 bits per heavy atom. The largest absolute Gasteiger partial charge is 0.406 e. The maximum absolute atomic E-state index is 5.81. The van der Waals surface area contributed by atoms with Crippen molar-refractivity contribution >= 4 is 6.01 Å². The van der Waals surface area contributed by atoms with Gasteiger partial charge in [0.25, 0.3) is 0 Å². The Hall–Kier alpha value is -1.10. The standard InChI is InChI=1S/C9H18N4O/c1-8(2,3)11-7-13-12-6(14-7)9(4,5)10/h10H2,1-5H3,(H,11,13).